The third kappa shape index (κ3) is 4.52. The molecule has 2 rings (SSSR count). The number of rotatable bonds is 4. The molecule has 108 valence electrons. The third-order valence-corrected chi connectivity index (χ3v) is 3.81. The minimum atomic E-state index is 0.369. The van der Waals surface area contributed by atoms with E-state index in [1.807, 2.05) is 13.8 Å². The van der Waals surface area contributed by atoms with Gasteiger partial charge in [-0.1, -0.05) is 13.8 Å². The van der Waals surface area contributed by atoms with Gasteiger partial charge in [0.25, 0.3) is 0 Å². The topological polar surface area (TPSA) is 15.7 Å². The van der Waals surface area contributed by atoms with Crippen molar-refractivity contribution in [3.05, 3.63) is 0 Å². The van der Waals surface area contributed by atoms with Gasteiger partial charge in [0.2, 0.25) is 0 Å². The minimum absolute atomic E-state index is 0.369. The fourth-order valence-corrected chi connectivity index (χ4v) is 3.28. The molecule has 0 aromatic rings. The molecule has 0 N–H and O–H groups in total. The van der Waals surface area contributed by atoms with Crippen LogP contribution in [0.5, 0.6) is 0 Å². The van der Waals surface area contributed by atoms with E-state index in [-0.39, 0.29) is 0 Å². The van der Waals surface area contributed by atoms with Crippen molar-refractivity contribution in [2.24, 2.45) is 5.41 Å². The first-order chi connectivity index (χ1) is 8.60. The van der Waals surface area contributed by atoms with Crippen molar-refractivity contribution in [2.45, 2.75) is 46.6 Å². The molecule has 2 fully saturated rings. The fourth-order valence-electron chi connectivity index (χ4n) is 3.28. The second kappa shape index (κ2) is 7.46. The van der Waals surface area contributed by atoms with Gasteiger partial charge in [0, 0.05) is 31.6 Å². The summed E-state index contributed by atoms with van der Waals surface area (Å²) < 4.78 is 5.63. The summed E-state index contributed by atoms with van der Waals surface area (Å²) in [5.74, 6) is 0. The minimum Gasteiger partial charge on any atom is -0.377 e. The van der Waals surface area contributed by atoms with E-state index in [1.54, 1.807) is 0 Å². The van der Waals surface area contributed by atoms with E-state index in [9.17, 15) is 0 Å². The van der Waals surface area contributed by atoms with E-state index in [0.29, 0.717) is 11.5 Å². The zero-order chi connectivity index (χ0) is 13.6. The van der Waals surface area contributed by atoms with Crippen LogP contribution in [0.2, 0.25) is 0 Å². The second-order valence-electron chi connectivity index (χ2n) is 5.97. The maximum Gasteiger partial charge on any atom is 0.0596 e. The maximum atomic E-state index is 5.63. The Hall–Kier alpha value is -0.120. The molecule has 2 saturated heterocycles. The van der Waals surface area contributed by atoms with Crippen LogP contribution in [-0.2, 0) is 4.74 Å². The number of hydrogen-bond acceptors (Lipinski definition) is 3. The van der Waals surface area contributed by atoms with Gasteiger partial charge in [0.05, 0.1) is 12.7 Å². The van der Waals surface area contributed by atoms with Crippen molar-refractivity contribution < 1.29 is 4.74 Å². The lowest BCUT2D eigenvalue weighted by Crippen LogP contribution is -2.61. The molecule has 1 spiro atoms. The predicted octanol–water partition coefficient (Wildman–Crippen LogP) is 2.47. The second-order valence-corrected chi connectivity index (χ2v) is 5.97. The van der Waals surface area contributed by atoms with Gasteiger partial charge in [0.15, 0.2) is 0 Å². The van der Waals surface area contributed by atoms with Gasteiger partial charge >= 0.3 is 0 Å². The molecule has 0 aromatic heterocycles. The quantitative estimate of drug-likeness (QED) is 0.768. The van der Waals surface area contributed by atoms with Gasteiger partial charge in [0.1, 0.15) is 0 Å². The monoisotopic (exact) mass is 256 g/mol. The Kier molecular flexibility index (Phi) is 6.61. The van der Waals surface area contributed by atoms with Gasteiger partial charge in [-0.2, -0.15) is 0 Å². The Bertz CT molecular complexity index is 219. The standard InChI is InChI=1S/C13H26N2O.C2H6/c1-12(2)16-8-7-15-6-4-5-13(11-15)9-14(3)10-13;1-2/h12H,4-11H2,1-3H3;1-2H3. The van der Waals surface area contributed by atoms with Crippen LogP contribution in [0.3, 0.4) is 0 Å². The highest BCUT2D eigenvalue weighted by molar-refractivity contribution is 4.97. The third-order valence-electron chi connectivity index (χ3n) is 3.81. The number of ether oxygens (including phenoxy) is 1. The Morgan fingerprint density at radius 3 is 2.39 bits per heavy atom. The summed E-state index contributed by atoms with van der Waals surface area (Å²) in [6, 6.07) is 0. The van der Waals surface area contributed by atoms with Crippen LogP contribution in [0, 0.1) is 5.41 Å². The van der Waals surface area contributed by atoms with E-state index in [4.69, 9.17) is 4.74 Å². The lowest BCUT2D eigenvalue weighted by molar-refractivity contribution is -0.0483. The van der Waals surface area contributed by atoms with Gasteiger partial charge in [-0.25, -0.2) is 0 Å². The number of hydrogen-bond donors (Lipinski definition) is 0. The zero-order valence-electron chi connectivity index (χ0n) is 13.0. The molecule has 3 nitrogen and oxygen atoms in total. The predicted molar refractivity (Wildman–Crippen MR) is 78.0 cm³/mol. The molecular formula is C15H32N2O. The number of nitrogens with zero attached hydrogens (tertiary/aromatic N) is 2. The summed E-state index contributed by atoms with van der Waals surface area (Å²) in [6.07, 6.45) is 3.17. The molecular weight excluding hydrogens is 224 g/mol. The Morgan fingerprint density at radius 1 is 1.17 bits per heavy atom. The average molecular weight is 256 g/mol. The summed E-state index contributed by atoms with van der Waals surface area (Å²) in [5, 5.41) is 0. The fraction of sp³-hybridized carbons (Fsp3) is 1.00. The highest BCUT2D eigenvalue weighted by Gasteiger charge is 2.43. The van der Waals surface area contributed by atoms with Crippen LogP contribution in [-0.4, -0.2) is 62.3 Å². The Morgan fingerprint density at radius 2 is 1.83 bits per heavy atom. The molecule has 3 heteroatoms. The van der Waals surface area contributed by atoms with E-state index >= 15 is 0 Å². The lowest BCUT2D eigenvalue weighted by atomic mass is 9.73. The van der Waals surface area contributed by atoms with Crippen molar-refractivity contribution in [1.29, 1.82) is 0 Å². The summed E-state index contributed by atoms with van der Waals surface area (Å²) in [7, 11) is 2.23. The molecule has 0 aromatic carbocycles. The highest BCUT2D eigenvalue weighted by atomic mass is 16.5. The van der Waals surface area contributed by atoms with Gasteiger partial charge < -0.3 is 14.5 Å². The van der Waals surface area contributed by atoms with Crippen LogP contribution in [0.25, 0.3) is 0 Å². The van der Waals surface area contributed by atoms with Crippen LogP contribution < -0.4 is 0 Å². The molecule has 2 heterocycles. The summed E-state index contributed by atoms with van der Waals surface area (Å²) in [4.78, 5) is 5.03. The van der Waals surface area contributed by atoms with Crippen LogP contribution in [0.4, 0.5) is 0 Å². The molecule has 0 aliphatic carbocycles. The lowest BCUT2D eigenvalue weighted by Gasteiger charge is -2.53. The van der Waals surface area contributed by atoms with Gasteiger partial charge in [-0.05, 0) is 40.3 Å². The molecule has 2 aliphatic rings. The first kappa shape index (κ1) is 15.9. The van der Waals surface area contributed by atoms with Crippen LogP contribution in [0.15, 0.2) is 0 Å². The van der Waals surface area contributed by atoms with Crippen molar-refractivity contribution in [3.63, 3.8) is 0 Å². The van der Waals surface area contributed by atoms with Gasteiger partial charge in [-0.15, -0.1) is 0 Å². The Balaban J connectivity index is 0.000000771. The maximum absolute atomic E-state index is 5.63. The first-order valence-electron chi connectivity index (χ1n) is 7.62. The van der Waals surface area contributed by atoms with E-state index in [0.717, 1.165) is 13.2 Å². The van der Waals surface area contributed by atoms with E-state index in [2.05, 4.69) is 30.7 Å². The number of piperidine rings is 1. The summed E-state index contributed by atoms with van der Waals surface area (Å²) >= 11 is 0. The van der Waals surface area contributed by atoms with Crippen molar-refractivity contribution in [3.8, 4) is 0 Å². The van der Waals surface area contributed by atoms with E-state index in [1.165, 1.54) is 39.0 Å². The SMILES string of the molecule is CC.CC(C)OCCN1CCCC2(CN(C)C2)C1. The normalized spacial score (nSPS) is 23.7. The smallest absolute Gasteiger partial charge is 0.0596 e. The Labute approximate surface area is 113 Å². The van der Waals surface area contributed by atoms with Crippen LogP contribution in [0.1, 0.15) is 40.5 Å². The molecule has 0 bridgehead atoms. The number of likely N-dealkylation sites (tertiary alicyclic amines) is 2. The molecule has 0 unspecified atom stereocenters. The molecule has 0 atom stereocenters. The van der Waals surface area contributed by atoms with Crippen LogP contribution >= 0.6 is 0 Å². The molecule has 18 heavy (non-hydrogen) atoms. The van der Waals surface area contributed by atoms with Gasteiger partial charge in [-0.3, -0.25) is 0 Å². The molecule has 2 aliphatic heterocycles. The average Bonchev–Trinajstić information content (AvgIpc) is 2.30. The first-order valence-corrected chi connectivity index (χ1v) is 7.62. The zero-order valence-corrected chi connectivity index (χ0v) is 13.0. The largest absolute Gasteiger partial charge is 0.377 e. The highest BCUT2D eigenvalue weighted by Crippen LogP contribution is 2.37. The van der Waals surface area contributed by atoms with Crippen molar-refractivity contribution >= 4 is 0 Å². The molecule has 0 amide bonds. The molecule has 0 radical (unpaired) electrons. The van der Waals surface area contributed by atoms with Crippen molar-refractivity contribution in [2.75, 3.05) is 46.4 Å². The van der Waals surface area contributed by atoms with E-state index < -0.39 is 0 Å². The summed E-state index contributed by atoms with van der Waals surface area (Å²) in [5.41, 5.74) is 0.630. The summed E-state index contributed by atoms with van der Waals surface area (Å²) in [6.45, 7) is 15.4. The van der Waals surface area contributed by atoms with Crippen molar-refractivity contribution in [1.82, 2.24) is 9.80 Å². The molecule has 0 saturated carbocycles.